The van der Waals surface area contributed by atoms with E-state index in [1.54, 1.807) is 12.4 Å². The van der Waals surface area contributed by atoms with Crippen molar-refractivity contribution in [2.45, 2.75) is 33.7 Å². The number of benzene rings is 2. The SMILES string of the molecule is Cc1ccc(-c2c(CC(=O)O)c(C)c3c4c2cc(C)n4CCN3c2ncc(N)cn2)cc1. The normalized spacial score (nSPS) is 13.0. The van der Waals surface area contributed by atoms with Crippen LogP contribution in [-0.2, 0) is 17.8 Å². The van der Waals surface area contributed by atoms with Gasteiger partial charge in [0.2, 0.25) is 5.95 Å². The first kappa shape index (κ1) is 20.1. The molecule has 1 aliphatic heterocycles. The number of carboxylic acid groups (broad SMARTS) is 1. The van der Waals surface area contributed by atoms with Crippen molar-refractivity contribution in [1.82, 2.24) is 14.5 Å². The molecule has 0 unspecified atom stereocenters. The molecule has 3 heterocycles. The van der Waals surface area contributed by atoms with Gasteiger partial charge >= 0.3 is 5.97 Å². The van der Waals surface area contributed by atoms with Gasteiger partial charge in [-0.3, -0.25) is 4.79 Å². The van der Waals surface area contributed by atoms with Crippen LogP contribution in [-0.4, -0.2) is 32.2 Å². The Kier molecular flexibility index (Phi) is 4.62. The summed E-state index contributed by atoms with van der Waals surface area (Å²) in [5.41, 5.74) is 14.5. The van der Waals surface area contributed by atoms with Crippen molar-refractivity contribution in [2.24, 2.45) is 0 Å². The molecule has 0 saturated heterocycles. The van der Waals surface area contributed by atoms with Crippen molar-refractivity contribution < 1.29 is 9.90 Å². The van der Waals surface area contributed by atoms with Gasteiger partial charge in [0.15, 0.2) is 0 Å². The molecule has 0 bridgehead atoms. The summed E-state index contributed by atoms with van der Waals surface area (Å²) in [6.07, 6.45) is 3.15. The van der Waals surface area contributed by atoms with Gasteiger partial charge < -0.3 is 20.3 Å². The van der Waals surface area contributed by atoms with E-state index in [0.29, 0.717) is 18.2 Å². The molecule has 7 nitrogen and oxygen atoms in total. The minimum absolute atomic E-state index is 0.0569. The molecule has 162 valence electrons. The summed E-state index contributed by atoms with van der Waals surface area (Å²) >= 11 is 0. The highest BCUT2D eigenvalue weighted by Gasteiger charge is 2.30. The smallest absolute Gasteiger partial charge is 0.307 e. The number of nitrogens with two attached hydrogens (primary N) is 1. The third-order valence-corrected chi connectivity index (χ3v) is 6.29. The van der Waals surface area contributed by atoms with Gasteiger partial charge in [0.25, 0.3) is 0 Å². The second kappa shape index (κ2) is 7.37. The molecular formula is C25H25N5O2. The fraction of sp³-hybridized carbons (Fsp3) is 0.240. The summed E-state index contributed by atoms with van der Waals surface area (Å²) in [6, 6.07) is 10.5. The second-order valence-electron chi connectivity index (χ2n) is 8.43. The number of aliphatic carboxylic acids is 1. The van der Waals surface area contributed by atoms with Crippen LogP contribution < -0.4 is 10.6 Å². The molecule has 5 rings (SSSR count). The van der Waals surface area contributed by atoms with Gasteiger partial charge in [-0.1, -0.05) is 29.8 Å². The molecule has 32 heavy (non-hydrogen) atoms. The predicted octanol–water partition coefficient (Wildman–Crippen LogP) is 4.38. The molecule has 0 spiro atoms. The summed E-state index contributed by atoms with van der Waals surface area (Å²) < 4.78 is 2.31. The molecule has 0 radical (unpaired) electrons. The highest BCUT2D eigenvalue weighted by Crippen LogP contribution is 2.46. The first-order chi connectivity index (χ1) is 15.3. The number of nitrogen functional groups attached to an aromatic ring is 1. The molecule has 2 aromatic carbocycles. The van der Waals surface area contributed by atoms with E-state index in [0.717, 1.165) is 51.1 Å². The summed E-state index contributed by atoms with van der Waals surface area (Å²) in [5.74, 6) is -0.284. The highest BCUT2D eigenvalue weighted by atomic mass is 16.4. The largest absolute Gasteiger partial charge is 0.481 e. The Hall–Kier alpha value is -3.87. The number of aromatic nitrogens is 3. The van der Waals surface area contributed by atoms with Crippen LogP contribution in [0, 0.1) is 20.8 Å². The van der Waals surface area contributed by atoms with Crippen molar-refractivity contribution in [3.05, 3.63) is 65.1 Å². The van der Waals surface area contributed by atoms with E-state index in [9.17, 15) is 9.90 Å². The minimum atomic E-state index is -0.852. The molecule has 3 N–H and O–H groups in total. The summed E-state index contributed by atoms with van der Waals surface area (Å²) in [6.45, 7) is 7.65. The topological polar surface area (TPSA) is 97.3 Å². The van der Waals surface area contributed by atoms with Gasteiger partial charge in [0.1, 0.15) is 0 Å². The van der Waals surface area contributed by atoms with E-state index in [2.05, 4.69) is 63.6 Å². The fourth-order valence-electron chi connectivity index (χ4n) is 4.82. The van der Waals surface area contributed by atoms with E-state index >= 15 is 0 Å². The Morgan fingerprint density at radius 1 is 1.09 bits per heavy atom. The monoisotopic (exact) mass is 427 g/mol. The van der Waals surface area contributed by atoms with Crippen LogP contribution in [0.4, 0.5) is 17.3 Å². The molecule has 1 aliphatic rings. The minimum Gasteiger partial charge on any atom is -0.481 e. The van der Waals surface area contributed by atoms with E-state index in [-0.39, 0.29) is 6.42 Å². The number of anilines is 3. The molecule has 7 heteroatoms. The number of carbonyl (C=O) groups is 1. The first-order valence-corrected chi connectivity index (χ1v) is 10.6. The van der Waals surface area contributed by atoms with Crippen LogP contribution in [0.1, 0.15) is 22.4 Å². The highest BCUT2D eigenvalue weighted by molar-refractivity contribution is 6.08. The molecule has 2 aromatic heterocycles. The van der Waals surface area contributed by atoms with Gasteiger partial charge in [0.05, 0.1) is 35.7 Å². The Balaban J connectivity index is 1.86. The average Bonchev–Trinajstić information content (AvgIpc) is 3.10. The average molecular weight is 428 g/mol. The molecular weight excluding hydrogens is 402 g/mol. The van der Waals surface area contributed by atoms with Crippen LogP contribution >= 0.6 is 0 Å². The summed E-state index contributed by atoms with van der Waals surface area (Å²) in [4.78, 5) is 22.9. The zero-order valence-electron chi connectivity index (χ0n) is 18.4. The van der Waals surface area contributed by atoms with Crippen LogP contribution in [0.2, 0.25) is 0 Å². The third-order valence-electron chi connectivity index (χ3n) is 6.29. The lowest BCUT2D eigenvalue weighted by Gasteiger charge is -2.32. The van der Waals surface area contributed by atoms with Crippen LogP contribution in [0.25, 0.3) is 22.0 Å². The van der Waals surface area contributed by atoms with E-state index in [4.69, 9.17) is 5.73 Å². The van der Waals surface area contributed by atoms with E-state index < -0.39 is 5.97 Å². The molecule has 4 aromatic rings. The Bertz CT molecular complexity index is 1350. The van der Waals surface area contributed by atoms with Gasteiger partial charge in [-0.05, 0) is 49.1 Å². The van der Waals surface area contributed by atoms with E-state index in [1.165, 1.54) is 5.56 Å². The number of hydrogen-bond acceptors (Lipinski definition) is 5. The Morgan fingerprint density at radius 2 is 1.78 bits per heavy atom. The molecule has 0 amide bonds. The lowest BCUT2D eigenvalue weighted by molar-refractivity contribution is -0.136. The Morgan fingerprint density at radius 3 is 2.44 bits per heavy atom. The van der Waals surface area contributed by atoms with Crippen molar-refractivity contribution in [2.75, 3.05) is 17.2 Å². The van der Waals surface area contributed by atoms with Crippen molar-refractivity contribution >= 4 is 34.2 Å². The fourth-order valence-corrected chi connectivity index (χ4v) is 4.82. The number of carboxylic acids is 1. The number of aryl methyl sites for hydroxylation is 2. The van der Waals surface area contributed by atoms with Crippen molar-refractivity contribution in [3.8, 4) is 11.1 Å². The summed E-state index contributed by atoms with van der Waals surface area (Å²) in [7, 11) is 0. The lowest BCUT2D eigenvalue weighted by atomic mass is 9.88. The van der Waals surface area contributed by atoms with Gasteiger partial charge in [-0.15, -0.1) is 0 Å². The Labute approximate surface area is 186 Å². The van der Waals surface area contributed by atoms with Gasteiger partial charge in [-0.2, -0.15) is 0 Å². The van der Waals surface area contributed by atoms with E-state index in [1.807, 2.05) is 6.92 Å². The zero-order chi connectivity index (χ0) is 22.6. The molecule has 0 atom stereocenters. The summed E-state index contributed by atoms with van der Waals surface area (Å²) in [5, 5.41) is 10.8. The second-order valence-corrected chi connectivity index (χ2v) is 8.43. The van der Waals surface area contributed by atoms with Gasteiger partial charge in [-0.25, -0.2) is 9.97 Å². The van der Waals surface area contributed by atoms with Crippen LogP contribution in [0.5, 0.6) is 0 Å². The molecule has 0 fully saturated rings. The number of nitrogens with zero attached hydrogens (tertiary/aromatic N) is 4. The first-order valence-electron chi connectivity index (χ1n) is 10.6. The molecule has 0 aliphatic carbocycles. The maximum Gasteiger partial charge on any atom is 0.307 e. The lowest BCUT2D eigenvalue weighted by Crippen LogP contribution is -2.30. The van der Waals surface area contributed by atoms with Gasteiger partial charge in [0, 0.05) is 24.2 Å². The van der Waals surface area contributed by atoms with Crippen LogP contribution in [0.15, 0.2) is 42.7 Å². The quantitative estimate of drug-likeness (QED) is 0.501. The maximum absolute atomic E-state index is 11.9. The van der Waals surface area contributed by atoms with Crippen molar-refractivity contribution in [3.63, 3.8) is 0 Å². The number of rotatable bonds is 4. The number of hydrogen-bond donors (Lipinski definition) is 2. The van der Waals surface area contributed by atoms with Crippen LogP contribution in [0.3, 0.4) is 0 Å². The zero-order valence-corrected chi connectivity index (χ0v) is 18.4. The standard InChI is InChI=1S/C25H25N5O2/c1-14-4-6-17(7-5-14)22-19(11-21(31)32)16(3)23-24-20(22)10-15(2)29(24)8-9-30(23)25-27-12-18(26)13-28-25/h4-7,10,12-13H,8-9,11,26H2,1-3H3,(H,31,32). The van der Waals surface area contributed by atoms with Crippen molar-refractivity contribution in [1.29, 1.82) is 0 Å². The third kappa shape index (κ3) is 3.09. The maximum atomic E-state index is 11.9. The predicted molar refractivity (Wildman–Crippen MR) is 126 cm³/mol. The molecule has 0 saturated carbocycles.